The molecule has 0 N–H and O–H groups in total. The van der Waals surface area contributed by atoms with Gasteiger partial charge in [-0.2, -0.15) is 0 Å². The third-order valence-electron chi connectivity index (χ3n) is 4.15. The van der Waals surface area contributed by atoms with Crippen LogP contribution in [0.3, 0.4) is 0 Å². The lowest BCUT2D eigenvalue weighted by Crippen LogP contribution is -2.30. The van der Waals surface area contributed by atoms with E-state index in [1.807, 2.05) is 0 Å². The van der Waals surface area contributed by atoms with Gasteiger partial charge in [-0.1, -0.05) is 57.9 Å². The number of rotatable bonds is 7. The summed E-state index contributed by atoms with van der Waals surface area (Å²) in [7, 11) is 0. The topological polar surface area (TPSA) is 17.1 Å². The highest BCUT2D eigenvalue weighted by molar-refractivity contribution is 5.50. The number of benzene rings is 1. The van der Waals surface area contributed by atoms with Crippen LogP contribution in [-0.2, 0) is 10.2 Å². The van der Waals surface area contributed by atoms with Crippen molar-refractivity contribution in [3.8, 4) is 0 Å². The molecular weight excluding hydrogens is 220 g/mol. The fraction of sp³-hybridized carbons (Fsp3) is 0.588. The fourth-order valence-electron chi connectivity index (χ4n) is 2.86. The van der Waals surface area contributed by atoms with Crippen molar-refractivity contribution >= 4 is 6.29 Å². The molecule has 1 aromatic carbocycles. The molecule has 100 valence electrons. The van der Waals surface area contributed by atoms with E-state index in [-0.39, 0.29) is 5.41 Å². The minimum absolute atomic E-state index is 0.0709. The molecule has 0 amide bonds. The summed E-state index contributed by atoms with van der Waals surface area (Å²) in [5.74, 6) is 0.441. The maximum atomic E-state index is 10.9. The van der Waals surface area contributed by atoms with Gasteiger partial charge in [0, 0.05) is 6.42 Å². The van der Waals surface area contributed by atoms with Crippen LogP contribution in [0.4, 0.5) is 0 Å². The molecule has 0 bridgehead atoms. The van der Waals surface area contributed by atoms with Crippen LogP contribution in [0.2, 0.25) is 0 Å². The Labute approximate surface area is 112 Å². The van der Waals surface area contributed by atoms with Crippen LogP contribution in [0.15, 0.2) is 24.3 Å². The average Bonchev–Trinajstić information content (AvgIpc) is 2.34. The zero-order valence-electron chi connectivity index (χ0n) is 12.2. The predicted molar refractivity (Wildman–Crippen MR) is 77.9 cm³/mol. The summed E-state index contributed by atoms with van der Waals surface area (Å²) in [6.45, 7) is 8.92. The summed E-state index contributed by atoms with van der Waals surface area (Å²) in [6, 6.07) is 8.55. The largest absolute Gasteiger partial charge is 0.303 e. The lowest BCUT2D eigenvalue weighted by molar-refractivity contribution is -0.109. The lowest BCUT2D eigenvalue weighted by atomic mass is 9.69. The second-order valence-electron chi connectivity index (χ2n) is 5.78. The van der Waals surface area contributed by atoms with E-state index in [0.29, 0.717) is 12.3 Å². The minimum Gasteiger partial charge on any atom is -0.303 e. The SMILES string of the molecule is CCCCC(CC=O)C(C)(C)c1ccccc1C. The van der Waals surface area contributed by atoms with Crippen molar-refractivity contribution in [1.82, 2.24) is 0 Å². The summed E-state index contributed by atoms with van der Waals surface area (Å²) in [4.78, 5) is 10.9. The Hall–Kier alpha value is -1.11. The highest BCUT2D eigenvalue weighted by Crippen LogP contribution is 2.38. The molecule has 1 nitrogen and oxygen atoms in total. The standard InChI is InChI=1S/C17H26O/c1-5-6-10-15(12-13-18)17(3,4)16-11-8-7-9-14(16)2/h7-9,11,13,15H,5-6,10,12H2,1-4H3. The highest BCUT2D eigenvalue weighted by Gasteiger charge is 2.31. The normalized spacial score (nSPS) is 13.3. The van der Waals surface area contributed by atoms with E-state index in [4.69, 9.17) is 0 Å². The van der Waals surface area contributed by atoms with E-state index in [0.717, 1.165) is 12.7 Å². The molecule has 18 heavy (non-hydrogen) atoms. The van der Waals surface area contributed by atoms with Gasteiger partial charge in [0.15, 0.2) is 0 Å². The van der Waals surface area contributed by atoms with E-state index >= 15 is 0 Å². The molecule has 0 saturated carbocycles. The molecule has 1 heteroatoms. The van der Waals surface area contributed by atoms with E-state index in [1.165, 1.54) is 24.0 Å². The van der Waals surface area contributed by atoms with Crippen LogP contribution >= 0.6 is 0 Å². The zero-order chi connectivity index (χ0) is 13.6. The van der Waals surface area contributed by atoms with Crippen molar-refractivity contribution in [1.29, 1.82) is 0 Å². The number of unbranched alkanes of at least 4 members (excludes halogenated alkanes) is 1. The van der Waals surface area contributed by atoms with Gasteiger partial charge in [0.05, 0.1) is 0 Å². The molecule has 0 fully saturated rings. The first-order chi connectivity index (χ1) is 8.54. The highest BCUT2D eigenvalue weighted by atomic mass is 16.1. The van der Waals surface area contributed by atoms with E-state index < -0.39 is 0 Å². The average molecular weight is 246 g/mol. The van der Waals surface area contributed by atoms with Gasteiger partial charge in [-0.3, -0.25) is 0 Å². The Balaban J connectivity index is 2.99. The van der Waals surface area contributed by atoms with Crippen LogP contribution in [0.25, 0.3) is 0 Å². The lowest BCUT2D eigenvalue weighted by Gasteiger charge is -2.35. The van der Waals surface area contributed by atoms with Crippen LogP contribution < -0.4 is 0 Å². The molecule has 0 heterocycles. The molecular formula is C17H26O. The van der Waals surface area contributed by atoms with Gasteiger partial charge in [0.25, 0.3) is 0 Å². The monoisotopic (exact) mass is 246 g/mol. The third-order valence-corrected chi connectivity index (χ3v) is 4.15. The number of hydrogen-bond acceptors (Lipinski definition) is 1. The molecule has 1 rings (SSSR count). The zero-order valence-corrected chi connectivity index (χ0v) is 12.2. The van der Waals surface area contributed by atoms with E-state index in [2.05, 4.69) is 52.0 Å². The molecule has 0 aromatic heterocycles. The molecule has 0 radical (unpaired) electrons. The van der Waals surface area contributed by atoms with Crippen LogP contribution in [0, 0.1) is 12.8 Å². The number of hydrogen-bond donors (Lipinski definition) is 0. The molecule has 0 aliphatic rings. The van der Waals surface area contributed by atoms with Crippen molar-refractivity contribution in [2.24, 2.45) is 5.92 Å². The Morgan fingerprint density at radius 3 is 2.50 bits per heavy atom. The third kappa shape index (κ3) is 3.44. The molecule has 1 unspecified atom stereocenters. The van der Waals surface area contributed by atoms with Crippen LogP contribution in [-0.4, -0.2) is 6.29 Å². The van der Waals surface area contributed by atoms with Gasteiger partial charge < -0.3 is 4.79 Å². The second-order valence-corrected chi connectivity index (χ2v) is 5.78. The van der Waals surface area contributed by atoms with Gasteiger partial charge in [-0.15, -0.1) is 0 Å². The number of carbonyl (C=O) groups is 1. The molecule has 1 atom stereocenters. The summed E-state index contributed by atoms with van der Waals surface area (Å²) in [5.41, 5.74) is 2.78. The Kier molecular flexibility index (Phi) is 5.58. The predicted octanol–water partition coefficient (Wildman–Crippen LogP) is 4.67. The minimum atomic E-state index is 0.0709. The fourth-order valence-corrected chi connectivity index (χ4v) is 2.86. The molecule has 1 aromatic rings. The number of carbonyl (C=O) groups excluding carboxylic acids is 1. The maximum Gasteiger partial charge on any atom is 0.120 e. The summed E-state index contributed by atoms with van der Waals surface area (Å²) in [6.07, 6.45) is 5.28. The molecule has 0 aliphatic carbocycles. The van der Waals surface area contributed by atoms with Gasteiger partial charge in [-0.25, -0.2) is 0 Å². The Morgan fingerprint density at radius 2 is 1.94 bits per heavy atom. The van der Waals surface area contributed by atoms with Crippen molar-refractivity contribution in [2.45, 2.75) is 58.8 Å². The second kappa shape index (κ2) is 6.72. The van der Waals surface area contributed by atoms with Crippen molar-refractivity contribution in [3.05, 3.63) is 35.4 Å². The number of aldehydes is 1. The number of aryl methyl sites for hydroxylation is 1. The van der Waals surface area contributed by atoms with Gasteiger partial charge in [0.1, 0.15) is 6.29 Å². The van der Waals surface area contributed by atoms with Crippen molar-refractivity contribution in [2.75, 3.05) is 0 Å². The quantitative estimate of drug-likeness (QED) is 0.639. The van der Waals surface area contributed by atoms with Crippen LogP contribution in [0.5, 0.6) is 0 Å². The summed E-state index contributed by atoms with van der Waals surface area (Å²) >= 11 is 0. The Morgan fingerprint density at radius 1 is 1.28 bits per heavy atom. The molecule has 0 aliphatic heterocycles. The summed E-state index contributed by atoms with van der Waals surface area (Å²) < 4.78 is 0. The molecule has 0 spiro atoms. The van der Waals surface area contributed by atoms with E-state index in [1.54, 1.807) is 0 Å². The first-order valence-corrected chi connectivity index (χ1v) is 7.03. The summed E-state index contributed by atoms with van der Waals surface area (Å²) in [5, 5.41) is 0. The van der Waals surface area contributed by atoms with Gasteiger partial charge >= 0.3 is 0 Å². The Bertz CT molecular complexity index is 379. The molecule has 0 saturated heterocycles. The smallest absolute Gasteiger partial charge is 0.120 e. The van der Waals surface area contributed by atoms with Crippen LogP contribution in [0.1, 0.15) is 57.6 Å². The van der Waals surface area contributed by atoms with Gasteiger partial charge in [-0.05, 0) is 35.8 Å². The van der Waals surface area contributed by atoms with Crippen molar-refractivity contribution < 1.29 is 4.79 Å². The first kappa shape index (κ1) is 14.9. The first-order valence-electron chi connectivity index (χ1n) is 7.03. The van der Waals surface area contributed by atoms with Crippen molar-refractivity contribution in [3.63, 3.8) is 0 Å². The maximum absolute atomic E-state index is 10.9. The van der Waals surface area contributed by atoms with E-state index in [9.17, 15) is 4.79 Å². The van der Waals surface area contributed by atoms with Gasteiger partial charge in [0.2, 0.25) is 0 Å².